The van der Waals surface area contributed by atoms with Crippen molar-refractivity contribution in [1.82, 2.24) is 4.90 Å². The van der Waals surface area contributed by atoms with Crippen molar-refractivity contribution >= 4 is 5.97 Å². The summed E-state index contributed by atoms with van der Waals surface area (Å²) in [5.41, 5.74) is 1.37. The number of ether oxygens (including phenoxy) is 1. The number of nitrogens with zero attached hydrogens (tertiary/aromatic N) is 1. The Labute approximate surface area is 121 Å². The molecule has 0 saturated heterocycles. The van der Waals surface area contributed by atoms with E-state index in [0.717, 1.165) is 5.75 Å². The number of carboxylic acid groups (broad SMARTS) is 1. The van der Waals surface area contributed by atoms with Gasteiger partial charge in [-0.1, -0.05) is 32.9 Å². The van der Waals surface area contributed by atoms with Gasteiger partial charge in [-0.3, -0.25) is 4.79 Å². The zero-order chi connectivity index (χ0) is 15.3. The van der Waals surface area contributed by atoms with Crippen molar-refractivity contribution in [1.29, 1.82) is 0 Å². The Hall–Kier alpha value is -1.55. The van der Waals surface area contributed by atoms with Crippen LogP contribution >= 0.6 is 0 Å². The SMILES string of the molecule is CN(C)C(COc1ccc(C(C)(C)C)cc1)CC(=O)O. The lowest BCUT2D eigenvalue weighted by Crippen LogP contribution is -2.35. The summed E-state index contributed by atoms with van der Waals surface area (Å²) in [7, 11) is 3.72. The van der Waals surface area contributed by atoms with Gasteiger partial charge in [-0.25, -0.2) is 0 Å². The number of rotatable bonds is 6. The smallest absolute Gasteiger partial charge is 0.305 e. The summed E-state index contributed by atoms with van der Waals surface area (Å²) in [6.07, 6.45) is 0.0765. The van der Waals surface area contributed by atoms with Gasteiger partial charge in [0.1, 0.15) is 12.4 Å². The maximum Gasteiger partial charge on any atom is 0.305 e. The van der Waals surface area contributed by atoms with Gasteiger partial charge in [-0.15, -0.1) is 0 Å². The molecule has 0 aliphatic heterocycles. The summed E-state index contributed by atoms with van der Waals surface area (Å²) in [6.45, 7) is 6.86. The first-order chi connectivity index (χ1) is 9.20. The first kappa shape index (κ1) is 16.5. The summed E-state index contributed by atoms with van der Waals surface area (Å²) in [5, 5.41) is 8.87. The molecule has 4 nitrogen and oxygen atoms in total. The fourth-order valence-electron chi connectivity index (χ4n) is 1.84. The molecular weight excluding hydrogens is 254 g/mol. The Morgan fingerprint density at radius 1 is 1.25 bits per heavy atom. The second-order valence-electron chi connectivity index (χ2n) is 6.30. The number of hydrogen-bond acceptors (Lipinski definition) is 3. The first-order valence-corrected chi connectivity index (χ1v) is 6.81. The molecule has 1 aromatic rings. The quantitative estimate of drug-likeness (QED) is 0.870. The van der Waals surface area contributed by atoms with E-state index >= 15 is 0 Å². The number of carbonyl (C=O) groups is 1. The molecule has 1 atom stereocenters. The lowest BCUT2D eigenvalue weighted by Gasteiger charge is -2.23. The van der Waals surface area contributed by atoms with Crippen LogP contribution in [-0.2, 0) is 10.2 Å². The Balaban J connectivity index is 2.62. The monoisotopic (exact) mass is 279 g/mol. The summed E-state index contributed by atoms with van der Waals surface area (Å²) in [4.78, 5) is 12.7. The highest BCUT2D eigenvalue weighted by molar-refractivity contribution is 5.67. The van der Waals surface area contributed by atoms with Crippen molar-refractivity contribution in [2.24, 2.45) is 0 Å². The van der Waals surface area contributed by atoms with Crippen LogP contribution in [0.1, 0.15) is 32.8 Å². The van der Waals surface area contributed by atoms with E-state index in [9.17, 15) is 4.79 Å². The molecule has 4 heteroatoms. The predicted molar refractivity (Wildman–Crippen MR) is 80.4 cm³/mol. The second kappa shape index (κ2) is 6.75. The number of hydrogen-bond donors (Lipinski definition) is 1. The van der Waals surface area contributed by atoms with Gasteiger partial charge in [0.25, 0.3) is 0 Å². The van der Waals surface area contributed by atoms with Crippen LogP contribution in [0.15, 0.2) is 24.3 Å². The zero-order valence-corrected chi connectivity index (χ0v) is 13.0. The molecule has 0 heterocycles. The number of benzene rings is 1. The summed E-state index contributed by atoms with van der Waals surface area (Å²) < 4.78 is 5.69. The van der Waals surface area contributed by atoms with Crippen LogP contribution in [0.2, 0.25) is 0 Å². The molecule has 1 aromatic carbocycles. The Bertz CT molecular complexity index is 432. The molecule has 20 heavy (non-hydrogen) atoms. The van der Waals surface area contributed by atoms with E-state index in [0.29, 0.717) is 6.61 Å². The predicted octanol–water partition coefficient (Wildman–Crippen LogP) is 2.77. The molecule has 0 aromatic heterocycles. The molecule has 0 radical (unpaired) electrons. The van der Waals surface area contributed by atoms with Gasteiger partial charge in [-0.05, 0) is 37.2 Å². The third-order valence-electron chi connectivity index (χ3n) is 3.30. The highest BCUT2D eigenvalue weighted by Gasteiger charge is 2.17. The Kier molecular flexibility index (Phi) is 5.57. The fourth-order valence-corrected chi connectivity index (χ4v) is 1.84. The molecule has 0 fully saturated rings. The largest absolute Gasteiger partial charge is 0.492 e. The van der Waals surface area contributed by atoms with Crippen LogP contribution in [0.3, 0.4) is 0 Å². The zero-order valence-electron chi connectivity index (χ0n) is 13.0. The fraction of sp³-hybridized carbons (Fsp3) is 0.562. The molecular formula is C16H25NO3. The van der Waals surface area contributed by atoms with E-state index in [1.54, 1.807) is 0 Å². The lowest BCUT2D eigenvalue weighted by atomic mass is 9.87. The molecule has 0 aliphatic carbocycles. The van der Waals surface area contributed by atoms with Crippen molar-refractivity contribution in [3.05, 3.63) is 29.8 Å². The van der Waals surface area contributed by atoms with Gasteiger partial charge in [0.2, 0.25) is 0 Å². The molecule has 0 spiro atoms. The molecule has 0 saturated carbocycles. The van der Waals surface area contributed by atoms with Gasteiger partial charge in [-0.2, -0.15) is 0 Å². The van der Waals surface area contributed by atoms with Gasteiger partial charge in [0.15, 0.2) is 0 Å². The minimum atomic E-state index is -0.810. The average molecular weight is 279 g/mol. The highest BCUT2D eigenvalue weighted by Crippen LogP contribution is 2.24. The van der Waals surface area contributed by atoms with Crippen LogP contribution in [-0.4, -0.2) is 42.7 Å². The topological polar surface area (TPSA) is 49.8 Å². The Morgan fingerprint density at radius 3 is 2.20 bits per heavy atom. The van der Waals surface area contributed by atoms with E-state index in [-0.39, 0.29) is 17.9 Å². The van der Waals surface area contributed by atoms with Crippen LogP contribution in [0.25, 0.3) is 0 Å². The standard InChI is InChI=1S/C16H25NO3/c1-16(2,3)12-6-8-14(9-7-12)20-11-13(17(4)5)10-15(18)19/h6-9,13H,10-11H2,1-5H3,(H,18,19). The molecule has 112 valence electrons. The molecule has 0 amide bonds. The van der Waals surface area contributed by atoms with Gasteiger partial charge in [0, 0.05) is 0 Å². The van der Waals surface area contributed by atoms with Gasteiger partial charge >= 0.3 is 5.97 Å². The third-order valence-corrected chi connectivity index (χ3v) is 3.30. The summed E-state index contributed by atoms with van der Waals surface area (Å²) in [5.74, 6) is -0.0365. The second-order valence-corrected chi connectivity index (χ2v) is 6.30. The van der Waals surface area contributed by atoms with E-state index < -0.39 is 5.97 Å². The van der Waals surface area contributed by atoms with Crippen LogP contribution in [0, 0.1) is 0 Å². The molecule has 1 N–H and O–H groups in total. The van der Waals surface area contributed by atoms with Crippen molar-refractivity contribution < 1.29 is 14.6 Å². The maximum absolute atomic E-state index is 10.8. The first-order valence-electron chi connectivity index (χ1n) is 6.81. The molecule has 1 unspecified atom stereocenters. The van der Waals surface area contributed by atoms with Crippen molar-refractivity contribution in [3.63, 3.8) is 0 Å². The van der Waals surface area contributed by atoms with Crippen LogP contribution in [0.4, 0.5) is 0 Å². The van der Waals surface area contributed by atoms with Crippen molar-refractivity contribution in [2.75, 3.05) is 20.7 Å². The molecule has 0 bridgehead atoms. The van der Waals surface area contributed by atoms with Crippen LogP contribution in [0.5, 0.6) is 5.75 Å². The highest BCUT2D eigenvalue weighted by atomic mass is 16.5. The third kappa shape index (κ3) is 5.21. The molecule has 1 rings (SSSR count). The minimum absolute atomic E-state index is 0.0765. The van der Waals surface area contributed by atoms with Crippen molar-refractivity contribution in [2.45, 2.75) is 38.6 Å². The minimum Gasteiger partial charge on any atom is -0.492 e. The van der Waals surface area contributed by atoms with E-state index in [1.807, 2.05) is 31.1 Å². The Morgan fingerprint density at radius 2 is 1.80 bits per heavy atom. The normalized spacial score (nSPS) is 13.3. The van der Waals surface area contributed by atoms with Gasteiger partial charge in [0.05, 0.1) is 12.5 Å². The molecule has 0 aliphatic rings. The number of likely N-dealkylation sites (N-methyl/N-ethyl adjacent to an activating group) is 1. The summed E-state index contributed by atoms with van der Waals surface area (Å²) in [6, 6.07) is 7.85. The van der Waals surface area contributed by atoms with E-state index in [4.69, 9.17) is 9.84 Å². The van der Waals surface area contributed by atoms with Crippen LogP contribution < -0.4 is 4.74 Å². The number of aliphatic carboxylic acids is 1. The lowest BCUT2D eigenvalue weighted by molar-refractivity contribution is -0.138. The number of carboxylic acids is 1. The van der Waals surface area contributed by atoms with E-state index in [1.165, 1.54) is 5.56 Å². The summed E-state index contributed by atoms with van der Waals surface area (Å²) >= 11 is 0. The van der Waals surface area contributed by atoms with Gasteiger partial charge < -0.3 is 14.7 Å². The van der Waals surface area contributed by atoms with E-state index in [2.05, 4.69) is 32.9 Å². The maximum atomic E-state index is 10.8. The average Bonchev–Trinajstić information content (AvgIpc) is 2.33. The van der Waals surface area contributed by atoms with Crippen molar-refractivity contribution in [3.8, 4) is 5.75 Å².